The Kier molecular flexibility index (Phi) is 5.70. The molecule has 0 N–H and O–H groups in total. The highest BCUT2D eigenvalue weighted by atomic mass is 32.2. The summed E-state index contributed by atoms with van der Waals surface area (Å²) in [6.07, 6.45) is 2.18. The molecule has 1 aromatic carbocycles. The molecule has 120 valence electrons. The van der Waals surface area contributed by atoms with Crippen LogP contribution in [-0.2, 0) is 0 Å². The lowest BCUT2D eigenvalue weighted by Crippen LogP contribution is -2.88. The van der Waals surface area contributed by atoms with Crippen LogP contribution in [0.1, 0.15) is 0 Å². The smallest absolute Gasteiger partial charge is 0.0685 e. The summed E-state index contributed by atoms with van der Waals surface area (Å²) in [5.41, 5.74) is 0. The number of rotatable bonds is 5. The van der Waals surface area contributed by atoms with E-state index in [1.807, 2.05) is 11.8 Å². The van der Waals surface area contributed by atoms with Crippen molar-refractivity contribution >= 4 is 46.3 Å². The van der Waals surface area contributed by atoms with Crippen molar-refractivity contribution in [2.45, 2.75) is 63.8 Å². The van der Waals surface area contributed by atoms with Gasteiger partial charge in [0.1, 0.15) is 0 Å². The molecule has 0 unspecified atom stereocenters. The summed E-state index contributed by atoms with van der Waals surface area (Å²) in [6.45, 7) is 22.6. The van der Waals surface area contributed by atoms with Crippen LogP contribution in [0.2, 0.25) is 58.9 Å². The zero-order valence-corrected chi connectivity index (χ0v) is 20.5. The molecular formula is C16H34SSi4. The Balaban J connectivity index is 3.72. The van der Waals surface area contributed by atoms with Gasteiger partial charge in [0.05, 0.1) is 6.63 Å². The van der Waals surface area contributed by atoms with Crippen LogP contribution in [0.25, 0.3) is 0 Å². The third kappa shape index (κ3) is 3.37. The lowest BCUT2D eigenvalue weighted by Gasteiger charge is -2.57. The Morgan fingerprint density at radius 2 is 0.952 bits per heavy atom. The van der Waals surface area contributed by atoms with Crippen LogP contribution in [-0.4, -0.2) is 35.7 Å². The molecule has 0 aliphatic carbocycles. The minimum Gasteiger partial charge on any atom is -0.130 e. The lowest BCUT2D eigenvalue weighted by molar-refractivity contribution is 1.49. The predicted octanol–water partition coefficient (Wildman–Crippen LogP) is 5.31. The van der Waals surface area contributed by atoms with Crippen molar-refractivity contribution in [1.82, 2.24) is 0 Å². The fourth-order valence-electron chi connectivity index (χ4n) is 5.52. The second-order valence-electron chi connectivity index (χ2n) is 9.23. The molecule has 0 saturated carbocycles. The normalized spacial score (nSPS) is 14.4. The van der Waals surface area contributed by atoms with Crippen molar-refractivity contribution in [3.8, 4) is 0 Å². The first-order chi connectivity index (χ1) is 9.29. The quantitative estimate of drug-likeness (QED) is 0.499. The number of hydrogen-bond donors (Lipinski definition) is 0. The number of benzene rings is 1. The van der Waals surface area contributed by atoms with Gasteiger partial charge in [-0.15, -0.1) is 11.8 Å². The first kappa shape index (κ1) is 19.5. The third-order valence-electron chi connectivity index (χ3n) is 4.90. The first-order valence-electron chi connectivity index (χ1n) is 7.93. The summed E-state index contributed by atoms with van der Waals surface area (Å²) in [5.74, 6) is 0. The van der Waals surface area contributed by atoms with Gasteiger partial charge in [-0.25, -0.2) is 0 Å². The van der Waals surface area contributed by atoms with Crippen LogP contribution in [0.3, 0.4) is 0 Å². The van der Waals surface area contributed by atoms with Gasteiger partial charge < -0.3 is 0 Å². The molecule has 5 heteroatoms. The van der Waals surface area contributed by atoms with E-state index in [4.69, 9.17) is 0 Å². The first-order valence-corrected chi connectivity index (χ1v) is 24.7. The maximum absolute atomic E-state index is 2.66. The third-order valence-corrected chi connectivity index (χ3v) is 76.9. The van der Waals surface area contributed by atoms with Crippen molar-refractivity contribution in [1.29, 1.82) is 0 Å². The zero-order chi connectivity index (χ0) is 16.7. The van der Waals surface area contributed by atoms with Crippen LogP contribution in [0.15, 0.2) is 29.2 Å². The minimum absolute atomic E-state index is 1.22. The summed E-state index contributed by atoms with van der Waals surface area (Å²) in [6, 6.07) is 9.80. The molecule has 0 amide bonds. The van der Waals surface area contributed by atoms with Gasteiger partial charge in [-0.3, -0.25) is 0 Å². The van der Waals surface area contributed by atoms with Gasteiger partial charge in [0.25, 0.3) is 0 Å². The standard InChI is InChI=1S/C16H34SSi4/c1-17-15-11-13-16(14-12-15)21(18(2,3)4,19(5,6)7)20(8,9)10/h11-14H,1-10H3. The Bertz CT molecular complexity index is 439. The van der Waals surface area contributed by atoms with Crippen LogP contribution in [0.4, 0.5) is 0 Å². The molecule has 1 rings (SSSR count). The van der Waals surface area contributed by atoms with Gasteiger partial charge in [0, 0.05) is 27.7 Å². The Hall–Kier alpha value is 0.438. The maximum atomic E-state index is 2.66. The highest BCUT2D eigenvalue weighted by molar-refractivity contribution is 7.98. The van der Waals surface area contributed by atoms with E-state index < -0.39 is 29.4 Å². The molecule has 0 aromatic heterocycles. The average molecular weight is 371 g/mol. The van der Waals surface area contributed by atoms with E-state index in [9.17, 15) is 0 Å². The molecule has 1 aromatic rings. The molecule has 0 spiro atoms. The lowest BCUT2D eigenvalue weighted by atomic mass is 10.4. The van der Waals surface area contributed by atoms with Crippen LogP contribution >= 0.6 is 11.8 Å². The second-order valence-corrected chi connectivity index (χ2v) is 50.4. The summed E-state index contributed by atoms with van der Waals surface area (Å²) in [7, 11) is -3.66. The average Bonchev–Trinajstić information content (AvgIpc) is 2.24. The molecule has 0 fully saturated rings. The maximum Gasteiger partial charge on any atom is 0.0685 e. The molecule has 0 heterocycles. The van der Waals surface area contributed by atoms with E-state index in [2.05, 4.69) is 89.4 Å². The highest BCUT2D eigenvalue weighted by Gasteiger charge is 2.62. The van der Waals surface area contributed by atoms with E-state index in [1.54, 1.807) is 5.19 Å². The van der Waals surface area contributed by atoms with Gasteiger partial charge in [-0.1, -0.05) is 76.2 Å². The Morgan fingerprint density at radius 1 is 0.619 bits per heavy atom. The monoisotopic (exact) mass is 370 g/mol. The SMILES string of the molecule is CSc1ccc([Si]([Si](C)(C)C)([Si](C)(C)C)[Si](C)(C)C)cc1. The number of thioether (sulfide) groups is 1. The van der Waals surface area contributed by atoms with Crippen molar-refractivity contribution in [2.24, 2.45) is 0 Å². The van der Waals surface area contributed by atoms with Crippen LogP contribution < -0.4 is 5.19 Å². The van der Waals surface area contributed by atoms with Gasteiger partial charge in [-0.2, -0.15) is 0 Å². The minimum atomic E-state index is -1.40. The topological polar surface area (TPSA) is 0 Å². The van der Waals surface area contributed by atoms with Crippen molar-refractivity contribution < 1.29 is 0 Å². The van der Waals surface area contributed by atoms with E-state index >= 15 is 0 Å². The molecule has 0 radical (unpaired) electrons. The van der Waals surface area contributed by atoms with E-state index in [0.29, 0.717) is 0 Å². The van der Waals surface area contributed by atoms with E-state index in [-0.39, 0.29) is 0 Å². The molecule has 0 nitrogen and oxygen atoms in total. The van der Waals surface area contributed by atoms with Crippen LogP contribution in [0.5, 0.6) is 0 Å². The Labute approximate surface area is 140 Å². The largest absolute Gasteiger partial charge is 0.130 e. The molecule has 0 saturated heterocycles. The van der Waals surface area contributed by atoms with Gasteiger partial charge in [0.15, 0.2) is 0 Å². The molecule has 21 heavy (non-hydrogen) atoms. The molecule has 0 aliphatic heterocycles. The molecule has 0 aliphatic rings. The highest BCUT2D eigenvalue weighted by Crippen LogP contribution is 2.36. The van der Waals surface area contributed by atoms with Gasteiger partial charge in [-0.05, 0) is 18.4 Å². The second kappa shape index (κ2) is 6.15. The summed E-state index contributed by atoms with van der Waals surface area (Å²) in [4.78, 5) is 1.41. The van der Waals surface area contributed by atoms with Crippen molar-refractivity contribution in [3.63, 3.8) is 0 Å². The fraction of sp³-hybridized carbons (Fsp3) is 0.625. The molecule has 0 bridgehead atoms. The Morgan fingerprint density at radius 3 is 1.19 bits per heavy atom. The fourth-order valence-corrected chi connectivity index (χ4v) is 106. The molecule has 0 atom stereocenters. The van der Waals surface area contributed by atoms with Gasteiger partial charge in [0.2, 0.25) is 0 Å². The van der Waals surface area contributed by atoms with Crippen LogP contribution in [0, 0.1) is 0 Å². The predicted molar refractivity (Wildman–Crippen MR) is 114 cm³/mol. The summed E-state index contributed by atoms with van der Waals surface area (Å²) >= 11 is 1.86. The van der Waals surface area contributed by atoms with Crippen molar-refractivity contribution in [3.05, 3.63) is 24.3 Å². The zero-order valence-electron chi connectivity index (χ0n) is 15.7. The summed E-state index contributed by atoms with van der Waals surface area (Å²) in [5, 5.41) is 1.79. The molecular weight excluding hydrogens is 337 g/mol. The van der Waals surface area contributed by atoms with E-state index in [1.165, 1.54) is 4.90 Å². The summed E-state index contributed by atoms with van der Waals surface area (Å²) < 4.78 is 0. The number of hydrogen-bond acceptors (Lipinski definition) is 1. The van der Waals surface area contributed by atoms with E-state index in [0.717, 1.165) is 0 Å². The van der Waals surface area contributed by atoms with Crippen molar-refractivity contribution in [2.75, 3.05) is 6.26 Å². The van der Waals surface area contributed by atoms with Gasteiger partial charge >= 0.3 is 0 Å².